The molecule has 0 amide bonds. The van der Waals surface area contributed by atoms with Gasteiger partial charge in [-0.25, -0.2) is 9.18 Å². The summed E-state index contributed by atoms with van der Waals surface area (Å²) in [4.78, 5) is 13.0. The Morgan fingerprint density at radius 1 is 1.02 bits per heavy atom. The lowest BCUT2D eigenvalue weighted by Crippen LogP contribution is -2.21. The highest BCUT2D eigenvalue weighted by Crippen LogP contribution is 2.44. The van der Waals surface area contributed by atoms with Crippen molar-refractivity contribution in [2.75, 3.05) is 0 Å². The monoisotopic (exact) mass is 624 g/mol. The number of hydrogen-bond acceptors (Lipinski definition) is 7. The van der Waals surface area contributed by atoms with Crippen LogP contribution in [0.3, 0.4) is 0 Å². The van der Waals surface area contributed by atoms with E-state index in [2.05, 4.69) is 22.0 Å². The van der Waals surface area contributed by atoms with E-state index in [1.54, 1.807) is 55.5 Å². The molecule has 1 aliphatic rings. The first-order chi connectivity index (χ1) is 20.3. The molecule has 0 bridgehead atoms. The highest BCUT2D eigenvalue weighted by atomic mass is 79.9. The third-order valence-electron chi connectivity index (χ3n) is 7.02. The second kappa shape index (κ2) is 11.1. The summed E-state index contributed by atoms with van der Waals surface area (Å²) in [6, 6.07) is 26.0. The summed E-state index contributed by atoms with van der Waals surface area (Å²) >= 11 is 3.41. The summed E-state index contributed by atoms with van der Waals surface area (Å²) in [5, 5.41) is 10.7. The molecule has 0 saturated carbocycles. The maximum absolute atomic E-state index is 13.2. The van der Waals surface area contributed by atoms with Crippen LogP contribution in [-0.4, -0.2) is 5.97 Å². The van der Waals surface area contributed by atoms with Crippen molar-refractivity contribution < 1.29 is 27.8 Å². The minimum absolute atomic E-state index is 0.0335. The quantitative estimate of drug-likeness (QED) is 0.153. The van der Waals surface area contributed by atoms with Gasteiger partial charge in [-0.15, -0.1) is 0 Å². The molecule has 9 heteroatoms. The molecule has 4 aromatic carbocycles. The zero-order valence-corrected chi connectivity index (χ0v) is 23.8. The van der Waals surface area contributed by atoms with Crippen LogP contribution in [0.5, 0.6) is 17.2 Å². The van der Waals surface area contributed by atoms with Crippen molar-refractivity contribution in [3.8, 4) is 23.3 Å². The number of halogens is 2. The first kappa shape index (κ1) is 27.1. The molecule has 1 atom stereocenters. The first-order valence-electron chi connectivity index (χ1n) is 12.9. The number of esters is 1. The van der Waals surface area contributed by atoms with Crippen molar-refractivity contribution in [3.63, 3.8) is 0 Å². The standard InChI is InChI=1S/C33H22BrFN2O5/c1-18-25-12-6-21(34)14-28(25)41-31(18)33(38)40-24-11-13-26-29(15-24)42-32(37)27(16-36)30(26)20-4-9-23(10-5-20)39-17-19-2-7-22(35)8-3-19/h2-15,30H,17,37H2,1H3. The topological polar surface area (TPSA) is 108 Å². The van der Waals surface area contributed by atoms with Gasteiger partial charge in [0.05, 0.1) is 5.92 Å². The molecule has 42 heavy (non-hydrogen) atoms. The molecule has 0 fully saturated rings. The van der Waals surface area contributed by atoms with E-state index in [9.17, 15) is 14.4 Å². The SMILES string of the molecule is Cc1c(C(=O)Oc2ccc3c(c2)OC(N)=C(C#N)C3c2ccc(OCc3ccc(F)cc3)cc2)oc2cc(Br)ccc12. The van der Waals surface area contributed by atoms with Crippen molar-refractivity contribution >= 4 is 32.9 Å². The number of nitriles is 1. The Kier molecular flexibility index (Phi) is 7.15. The van der Waals surface area contributed by atoms with Gasteiger partial charge in [-0.3, -0.25) is 0 Å². The lowest BCUT2D eigenvalue weighted by atomic mass is 9.83. The second-order valence-corrected chi connectivity index (χ2v) is 10.6. The molecule has 0 aliphatic carbocycles. The van der Waals surface area contributed by atoms with Gasteiger partial charge >= 0.3 is 5.97 Å². The first-order valence-corrected chi connectivity index (χ1v) is 13.7. The smallest absolute Gasteiger partial charge is 0.379 e. The van der Waals surface area contributed by atoms with E-state index in [1.165, 1.54) is 12.1 Å². The zero-order valence-electron chi connectivity index (χ0n) is 22.2. The fourth-order valence-electron chi connectivity index (χ4n) is 4.89. The number of nitrogens with two attached hydrogens (primary N) is 1. The molecule has 0 spiro atoms. The Balaban J connectivity index is 1.24. The van der Waals surface area contributed by atoms with Crippen LogP contribution in [0.4, 0.5) is 4.39 Å². The van der Waals surface area contributed by atoms with Gasteiger partial charge in [0.25, 0.3) is 0 Å². The second-order valence-electron chi connectivity index (χ2n) is 9.69. The van der Waals surface area contributed by atoms with Crippen LogP contribution >= 0.6 is 15.9 Å². The number of rotatable bonds is 6. The molecular formula is C33H22BrFN2O5. The molecule has 6 rings (SSSR count). The maximum atomic E-state index is 13.2. The number of benzene rings is 4. The van der Waals surface area contributed by atoms with Gasteiger partial charge in [-0.1, -0.05) is 46.3 Å². The van der Waals surface area contributed by atoms with E-state index >= 15 is 0 Å². The number of aryl methyl sites for hydroxylation is 1. The number of fused-ring (bicyclic) bond motifs is 2. The number of carbonyl (C=O) groups is 1. The number of carbonyl (C=O) groups excluding carboxylic acids is 1. The molecule has 208 valence electrons. The largest absolute Gasteiger partial charge is 0.489 e. The molecule has 1 unspecified atom stereocenters. The van der Waals surface area contributed by atoms with Crippen molar-refractivity contribution in [1.29, 1.82) is 5.26 Å². The molecule has 2 heterocycles. The van der Waals surface area contributed by atoms with E-state index in [1.807, 2.05) is 24.3 Å². The Labute approximate surface area is 248 Å². The highest BCUT2D eigenvalue weighted by Gasteiger charge is 2.31. The minimum atomic E-state index is -0.649. The van der Waals surface area contributed by atoms with Gasteiger partial charge in [-0.2, -0.15) is 5.26 Å². The normalized spacial score (nSPS) is 14.2. The van der Waals surface area contributed by atoms with Gasteiger partial charge in [-0.05, 0) is 66.6 Å². The van der Waals surface area contributed by atoms with Crippen molar-refractivity contribution in [3.05, 3.63) is 135 Å². The predicted molar refractivity (Wildman–Crippen MR) is 157 cm³/mol. The third kappa shape index (κ3) is 5.20. The van der Waals surface area contributed by atoms with E-state index in [0.29, 0.717) is 28.2 Å². The van der Waals surface area contributed by atoms with Gasteiger partial charge < -0.3 is 24.4 Å². The predicted octanol–water partition coefficient (Wildman–Crippen LogP) is 7.66. The fraction of sp³-hybridized carbons (Fsp3) is 0.0909. The summed E-state index contributed by atoms with van der Waals surface area (Å²) < 4.78 is 37.0. The number of hydrogen-bond donors (Lipinski definition) is 1. The number of ether oxygens (including phenoxy) is 3. The van der Waals surface area contributed by atoms with E-state index in [0.717, 1.165) is 21.0 Å². The van der Waals surface area contributed by atoms with Crippen LogP contribution in [0.25, 0.3) is 11.0 Å². The van der Waals surface area contributed by atoms with Gasteiger partial charge in [0.2, 0.25) is 11.6 Å². The van der Waals surface area contributed by atoms with Gasteiger partial charge in [0.15, 0.2) is 0 Å². The Morgan fingerprint density at radius 2 is 1.76 bits per heavy atom. The summed E-state index contributed by atoms with van der Waals surface area (Å²) in [7, 11) is 0. The van der Waals surface area contributed by atoms with E-state index in [4.69, 9.17) is 24.4 Å². The van der Waals surface area contributed by atoms with Gasteiger partial charge in [0, 0.05) is 27.1 Å². The molecular weight excluding hydrogens is 603 g/mol. The van der Waals surface area contributed by atoms with E-state index < -0.39 is 11.9 Å². The van der Waals surface area contributed by atoms with Crippen LogP contribution in [-0.2, 0) is 6.61 Å². The summed E-state index contributed by atoms with van der Waals surface area (Å²) in [5.41, 5.74) is 9.98. The number of furan rings is 1. The summed E-state index contributed by atoms with van der Waals surface area (Å²) in [6.07, 6.45) is 0. The lowest BCUT2D eigenvalue weighted by Gasteiger charge is -2.26. The molecule has 0 radical (unpaired) electrons. The Morgan fingerprint density at radius 3 is 2.50 bits per heavy atom. The average Bonchev–Trinajstić information content (AvgIpc) is 3.31. The van der Waals surface area contributed by atoms with Crippen LogP contribution in [0.15, 0.2) is 105 Å². The Hall–Kier alpha value is -5.07. The van der Waals surface area contributed by atoms with Crippen molar-refractivity contribution in [2.24, 2.45) is 5.73 Å². The minimum Gasteiger partial charge on any atom is -0.489 e. The molecule has 1 aromatic heterocycles. The number of allylic oxidation sites excluding steroid dienone is 1. The summed E-state index contributed by atoms with van der Waals surface area (Å²) in [6.45, 7) is 2.08. The molecule has 5 aromatic rings. The van der Waals surface area contributed by atoms with E-state index in [-0.39, 0.29) is 35.4 Å². The molecule has 1 aliphatic heterocycles. The summed E-state index contributed by atoms with van der Waals surface area (Å²) in [5.74, 6) is -0.182. The lowest BCUT2D eigenvalue weighted by molar-refractivity contribution is 0.0702. The highest BCUT2D eigenvalue weighted by molar-refractivity contribution is 9.10. The molecule has 7 nitrogen and oxygen atoms in total. The zero-order chi connectivity index (χ0) is 29.4. The molecule has 0 saturated heterocycles. The Bertz CT molecular complexity index is 1910. The average molecular weight is 625 g/mol. The third-order valence-corrected chi connectivity index (χ3v) is 7.51. The molecule has 2 N–H and O–H groups in total. The van der Waals surface area contributed by atoms with Crippen LogP contribution in [0.2, 0.25) is 0 Å². The number of nitrogens with zero attached hydrogens (tertiary/aromatic N) is 1. The van der Waals surface area contributed by atoms with Crippen molar-refractivity contribution in [2.45, 2.75) is 19.4 Å². The van der Waals surface area contributed by atoms with Crippen LogP contribution in [0, 0.1) is 24.1 Å². The van der Waals surface area contributed by atoms with Crippen LogP contribution < -0.4 is 19.9 Å². The van der Waals surface area contributed by atoms with Crippen molar-refractivity contribution in [1.82, 2.24) is 0 Å². The fourth-order valence-corrected chi connectivity index (χ4v) is 5.23. The van der Waals surface area contributed by atoms with Gasteiger partial charge in [0.1, 0.15) is 46.9 Å². The maximum Gasteiger partial charge on any atom is 0.379 e. The van der Waals surface area contributed by atoms with Crippen LogP contribution in [0.1, 0.15) is 38.7 Å².